The number of nitrogens with zero attached hydrogens (tertiary/aromatic N) is 1. The van der Waals surface area contributed by atoms with E-state index in [0.29, 0.717) is 46.9 Å². The van der Waals surface area contributed by atoms with Gasteiger partial charge in [0, 0.05) is 23.1 Å². The summed E-state index contributed by atoms with van der Waals surface area (Å²) in [5.41, 5.74) is 4.21. The third kappa shape index (κ3) is 3.83. The van der Waals surface area contributed by atoms with Gasteiger partial charge in [-0.3, -0.25) is 9.69 Å². The zero-order chi connectivity index (χ0) is 21.5. The van der Waals surface area contributed by atoms with Crippen molar-refractivity contribution in [1.82, 2.24) is 4.90 Å². The summed E-state index contributed by atoms with van der Waals surface area (Å²) in [7, 11) is 0. The first kappa shape index (κ1) is 20.1. The Labute approximate surface area is 190 Å². The van der Waals surface area contributed by atoms with E-state index in [9.17, 15) is 4.79 Å². The molecule has 5 rings (SSSR count). The van der Waals surface area contributed by atoms with Crippen LogP contribution in [0.25, 0.3) is 6.08 Å². The summed E-state index contributed by atoms with van der Waals surface area (Å²) < 4.78 is 12.1. The predicted molar refractivity (Wildman–Crippen MR) is 122 cm³/mol. The number of benzene rings is 3. The average molecular weight is 452 g/mol. The minimum atomic E-state index is -0.1000. The molecular weight excluding hydrogens is 433 g/mol. The molecule has 0 saturated carbocycles. The molecule has 31 heavy (non-hydrogen) atoms. The Morgan fingerprint density at radius 3 is 2.68 bits per heavy atom. The molecule has 2 heterocycles. The molecule has 0 atom stereocenters. The zero-order valence-electron chi connectivity index (χ0n) is 16.8. The van der Waals surface area contributed by atoms with Crippen molar-refractivity contribution in [3.05, 3.63) is 98.2 Å². The molecule has 156 valence electrons. The smallest absolute Gasteiger partial charge is 0.232 e. The average Bonchev–Trinajstić information content (AvgIpc) is 3.08. The van der Waals surface area contributed by atoms with Crippen LogP contribution in [0, 0.1) is 6.92 Å². The van der Waals surface area contributed by atoms with E-state index in [2.05, 4.69) is 4.90 Å². The molecular formula is C25H19Cl2NO3. The quantitative estimate of drug-likeness (QED) is 0.439. The number of rotatable bonds is 3. The first-order chi connectivity index (χ1) is 15.0. The number of ether oxygens (including phenoxy) is 2. The molecule has 0 N–H and O–H groups in total. The molecule has 2 aliphatic heterocycles. The zero-order valence-corrected chi connectivity index (χ0v) is 18.3. The van der Waals surface area contributed by atoms with E-state index in [1.54, 1.807) is 12.1 Å². The number of carbonyl (C=O) groups excluding carboxylic acids is 1. The van der Waals surface area contributed by atoms with E-state index in [4.69, 9.17) is 32.7 Å². The SMILES string of the molecule is Cc1cc2c(c3c1C(=O)/C(=C/c1ccccc1)O3)CN(Cc1ccc(Cl)cc1Cl)CO2. The number of hydrogen-bond acceptors (Lipinski definition) is 4. The highest BCUT2D eigenvalue weighted by Gasteiger charge is 2.35. The van der Waals surface area contributed by atoms with Crippen molar-refractivity contribution < 1.29 is 14.3 Å². The Morgan fingerprint density at radius 2 is 1.90 bits per heavy atom. The van der Waals surface area contributed by atoms with E-state index >= 15 is 0 Å². The molecule has 0 amide bonds. The van der Waals surface area contributed by atoms with Gasteiger partial charge in [0.15, 0.2) is 5.76 Å². The molecule has 3 aromatic rings. The van der Waals surface area contributed by atoms with Crippen LogP contribution in [0.4, 0.5) is 0 Å². The highest BCUT2D eigenvalue weighted by Crippen LogP contribution is 2.44. The number of allylic oxidation sites excluding steroid dienone is 1. The molecule has 0 bridgehead atoms. The van der Waals surface area contributed by atoms with Gasteiger partial charge < -0.3 is 9.47 Å². The predicted octanol–water partition coefficient (Wildman–Crippen LogP) is 6.27. The number of carbonyl (C=O) groups is 1. The number of ketones is 1. The lowest BCUT2D eigenvalue weighted by Gasteiger charge is -2.30. The maximum Gasteiger partial charge on any atom is 0.232 e. The molecule has 0 fully saturated rings. The van der Waals surface area contributed by atoms with Crippen molar-refractivity contribution in [1.29, 1.82) is 0 Å². The fourth-order valence-corrected chi connectivity index (χ4v) is 4.44. The van der Waals surface area contributed by atoms with Gasteiger partial charge in [0.05, 0.1) is 11.1 Å². The molecule has 6 heteroatoms. The van der Waals surface area contributed by atoms with Gasteiger partial charge in [-0.2, -0.15) is 0 Å². The summed E-state index contributed by atoms with van der Waals surface area (Å²) in [6, 6.07) is 17.1. The van der Waals surface area contributed by atoms with E-state index in [-0.39, 0.29) is 5.78 Å². The van der Waals surface area contributed by atoms with Gasteiger partial charge >= 0.3 is 0 Å². The summed E-state index contributed by atoms with van der Waals surface area (Å²) >= 11 is 12.4. The van der Waals surface area contributed by atoms with Crippen molar-refractivity contribution >= 4 is 35.1 Å². The summed E-state index contributed by atoms with van der Waals surface area (Å²) in [4.78, 5) is 15.2. The minimum Gasteiger partial charge on any atom is -0.478 e. The Balaban J connectivity index is 1.46. The lowest BCUT2D eigenvalue weighted by atomic mass is 9.98. The fraction of sp³-hybridized carbons (Fsp3) is 0.160. The Kier molecular flexibility index (Phi) is 5.22. The largest absolute Gasteiger partial charge is 0.478 e. The second-order valence-corrected chi connectivity index (χ2v) is 8.56. The van der Waals surface area contributed by atoms with Gasteiger partial charge in [-0.25, -0.2) is 0 Å². The monoisotopic (exact) mass is 451 g/mol. The van der Waals surface area contributed by atoms with Gasteiger partial charge in [0.2, 0.25) is 5.78 Å². The third-order valence-electron chi connectivity index (χ3n) is 5.49. The van der Waals surface area contributed by atoms with Gasteiger partial charge in [-0.05, 0) is 47.9 Å². The van der Waals surface area contributed by atoms with Crippen LogP contribution < -0.4 is 9.47 Å². The van der Waals surface area contributed by atoms with E-state index in [1.807, 2.05) is 55.5 Å². The van der Waals surface area contributed by atoms with Crippen LogP contribution in [0.3, 0.4) is 0 Å². The molecule has 2 aliphatic rings. The number of fused-ring (bicyclic) bond motifs is 3. The topological polar surface area (TPSA) is 38.8 Å². The van der Waals surface area contributed by atoms with Crippen molar-refractivity contribution in [3.8, 4) is 11.5 Å². The second kappa shape index (κ2) is 8.04. The maximum atomic E-state index is 13.1. The van der Waals surface area contributed by atoms with Gasteiger partial charge in [0.25, 0.3) is 0 Å². The standard InChI is InChI=1S/C25H19Cl2NO3/c1-15-9-21-19(13-28(14-30-21)12-17-7-8-18(26)11-20(17)27)25-23(15)24(29)22(31-25)10-16-5-3-2-4-6-16/h2-11H,12-14H2,1H3/b22-10-. The Morgan fingerprint density at radius 1 is 1.10 bits per heavy atom. The summed E-state index contributed by atoms with van der Waals surface area (Å²) in [5.74, 6) is 1.57. The number of halogens is 2. The van der Waals surface area contributed by atoms with Crippen molar-refractivity contribution in [2.75, 3.05) is 6.73 Å². The third-order valence-corrected chi connectivity index (χ3v) is 6.08. The van der Waals surface area contributed by atoms with E-state index in [1.165, 1.54) is 0 Å². The summed E-state index contributed by atoms with van der Waals surface area (Å²) in [6.45, 7) is 3.52. The van der Waals surface area contributed by atoms with Crippen LogP contribution in [0.5, 0.6) is 11.5 Å². The lowest BCUT2D eigenvalue weighted by Crippen LogP contribution is -2.32. The van der Waals surface area contributed by atoms with Crippen molar-refractivity contribution in [2.45, 2.75) is 20.0 Å². The molecule has 0 unspecified atom stereocenters. The molecule has 3 aromatic carbocycles. The highest BCUT2D eigenvalue weighted by molar-refractivity contribution is 6.35. The molecule has 0 aromatic heterocycles. The highest BCUT2D eigenvalue weighted by atomic mass is 35.5. The van der Waals surface area contributed by atoms with Gasteiger partial charge in [0.1, 0.15) is 18.2 Å². The van der Waals surface area contributed by atoms with E-state index < -0.39 is 0 Å². The van der Waals surface area contributed by atoms with Crippen LogP contribution in [0.1, 0.15) is 32.6 Å². The number of Topliss-reactive ketones (excluding diaryl/α,β-unsaturated/α-hetero) is 1. The first-order valence-electron chi connectivity index (χ1n) is 9.94. The molecule has 4 nitrogen and oxygen atoms in total. The van der Waals surface area contributed by atoms with Gasteiger partial charge in [-0.1, -0.05) is 59.6 Å². The Hall–Kier alpha value is -2.79. The van der Waals surface area contributed by atoms with Crippen molar-refractivity contribution in [2.24, 2.45) is 0 Å². The molecule has 0 aliphatic carbocycles. The molecule has 0 saturated heterocycles. The molecule has 0 radical (unpaired) electrons. The van der Waals surface area contributed by atoms with E-state index in [0.717, 1.165) is 28.0 Å². The lowest BCUT2D eigenvalue weighted by molar-refractivity contribution is 0.0872. The Bertz CT molecular complexity index is 1220. The fourth-order valence-electron chi connectivity index (χ4n) is 3.97. The number of hydrogen-bond donors (Lipinski definition) is 0. The van der Waals surface area contributed by atoms with Crippen LogP contribution in [-0.2, 0) is 13.1 Å². The van der Waals surface area contributed by atoms with Crippen molar-refractivity contribution in [3.63, 3.8) is 0 Å². The maximum absolute atomic E-state index is 13.1. The molecule has 0 spiro atoms. The second-order valence-electron chi connectivity index (χ2n) is 7.72. The summed E-state index contributed by atoms with van der Waals surface area (Å²) in [5, 5.41) is 1.22. The van der Waals surface area contributed by atoms with Crippen LogP contribution in [0.2, 0.25) is 10.0 Å². The van der Waals surface area contributed by atoms with Crippen LogP contribution in [0.15, 0.2) is 60.4 Å². The normalized spacial score (nSPS) is 16.6. The minimum absolute atomic E-state index is 0.1000. The summed E-state index contributed by atoms with van der Waals surface area (Å²) in [6.07, 6.45) is 1.78. The number of aryl methyl sites for hydroxylation is 1. The van der Waals surface area contributed by atoms with Crippen LogP contribution in [-0.4, -0.2) is 17.4 Å². The van der Waals surface area contributed by atoms with Gasteiger partial charge in [-0.15, -0.1) is 0 Å². The van der Waals surface area contributed by atoms with Crippen LogP contribution >= 0.6 is 23.2 Å². The first-order valence-corrected chi connectivity index (χ1v) is 10.7.